The van der Waals surface area contributed by atoms with E-state index >= 15 is 0 Å². The Morgan fingerprint density at radius 1 is 1.59 bits per heavy atom. The number of amides is 2. The van der Waals surface area contributed by atoms with Gasteiger partial charge < -0.3 is 15.5 Å². The molecule has 2 N–H and O–H groups in total. The van der Waals surface area contributed by atoms with Crippen LogP contribution in [-0.4, -0.2) is 42.1 Å². The van der Waals surface area contributed by atoms with Crippen molar-refractivity contribution >= 4 is 6.03 Å². The van der Waals surface area contributed by atoms with Gasteiger partial charge in [-0.25, -0.2) is 4.79 Å². The second kappa shape index (κ2) is 5.63. The average Bonchev–Trinajstić information content (AvgIpc) is 2.76. The standard InChI is InChI=1S/C12H18N4O/c1-10(11-4-2-3-5-14-11)13-6-8-16-9-7-15-12(16)17/h2-5,10,13H,6-9H2,1H3,(H,15,17)/t10-/m1/s1. The molecule has 0 spiro atoms. The first-order valence-electron chi connectivity index (χ1n) is 5.94. The van der Waals surface area contributed by atoms with Crippen molar-refractivity contribution in [3.05, 3.63) is 30.1 Å². The van der Waals surface area contributed by atoms with Crippen molar-refractivity contribution in [2.24, 2.45) is 0 Å². The zero-order chi connectivity index (χ0) is 12.1. The van der Waals surface area contributed by atoms with Gasteiger partial charge in [0.1, 0.15) is 0 Å². The third-order valence-corrected chi connectivity index (χ3v) is 2.91. The lowest BCUT2D eigenvalue weighted by atomic mass is 10.2. The van der Waals surface area contributed by atoms with E-state index in [0.717, 1.165) is 31.9 Å². The van der Waals surface area contributed by atoms with Crippen molar-refractivity contribution in [3.63, 3.8) is 0 Å². The number of nitrogens with zero attached hydrogens (tertiary/aromatic N) is 2. The number of hydrogen-bond acceptors (Lipinski definition) is 3. The molecule has 5 nitrogen and oxygen atoms in total. The summed E-state index contributed by atoms with van der Waals surface area (Å²) >= 11 is 0. The first kappa shape index (κ1) is 11.9. The summed E-state index contributed by atoms with van der Waals surface area (Å²) in [5.41, 5.74) is 1.03. The minimum Gasteiger partial charge on any atom is -0.336 e. The summed E-state index contributed by atoms with van der Waals surface area (Å²) in [6.45, 7) is 5.16. The van der Waals surface area contributed by atoms with Crippen molar-refractivity contribution in [2.75, 3.05) is 26.2 Å². The molecule has 92 valence electrons. The summed E-state index contributed by atoms with van der Waals surface area (Å²) in [7, 11) is 0. The Morgan fingerprint density at radius 2 is 2.47 bits per heavy atom. The van der Waals surface area contributed by atoms with Crippen LogP contribution in [0.15, 0.2) is 24.4 Å². The van der Waals surface area contributed by atoms with Gasteiger partial charge in [0.25, 0.3) is 0 Å². The summed E-state index contributed by atoms with van der Waals surface area (Å²) in [4.78, 5) is 17.4. The van der Waals surface area contributed by atoms with Crippen LogP contribution in [0.5, 0.6) is 0 Å². The highest BCUT2D eigenvalue weighted by Crippen LogP contribution is 2.07. The molecule has 2 amide bonds. The lowest BCUT2D eigenvalue weighted by molar-refractivity contribution is 0.217. The second-order valence-electron chi connectivity index (χ2n) is 4.15. The number of nitrogens with one attached hydrogen (secondary N) is 2. The normalized spacial score (nSPS) is 17.0. The zero-order valence-electron chi connectivity index (χ0n) is 10.0. The van der Waals surface area contributed by atoms with Crippen LogP contribution in [-0.2, 0) is 0 Å². The average molecular weight is 234 g/mol. The molecular weight excluding hydrogens is 216 g/mol. The van der Waals surface area contributed by atoms with E-state index in [-0.39, 0.29) is 12.1 Å². The van der Waals surface area contributed by atoms with E-state index in [1.165, 1.54) is 0 Å². The summed E-state index contributed by atoms with van der Waals surface area (Å²) in [5, 5.41) is 6.15. The van der Waals surface area contributed by atoms with Crippen LogP contribution < -0.4 is 10.6 Å². The molecule has 0 bridgehead atoms. The van der Waals surface area contributed by atoms with E-state index in [4.69, 9.17) is 0 Å². The number of pyridine rings is 1. The molecule has 0 radical (unpaired) electrons. The quantitative estimate of drug-likeness (QED) is 0.790. The predicted octanol–water partition coefficient (Wildman–Crippen LogP) is 0.757. The van der Waals surface area contributed by atoms with Crippen molar-refractivity contribution in [3.8, 4) is 0 Å². The van der Waals surface area contributed by atoms with Crippen molar-refractivity contribution < 1.29 is 4.79 Å². The fourth-order valence-electron chi connectivity index (χ4n) is 1.88. The molecule has 0 saturated carbocycles. The molecule has 1 saturated heterocycles. The topological polar surface area (TPSA) is 57.3 Å². The van der Waals surface area contributed by atoms with Crippen LogP contribution in [0.1, 0.15) is 18.7 Å². The van der Waals surface area contributed by atoms with Gasteiger partial charge in [-0.3, -0.25) is 4.98 Å². The number of carbonyl (C=O) groups is 1. The van der Waals surface area contributed by atoms with Crippen LogP contribution in [0.25, 0.3) is 0 Å². The molecule has 1 atom stereocenters. The van der Waals surface area contributed by atoms with Gasteiger partial charge in [-0.2, -0.15) is 0 Å². The molecule has 1 aromatic heterocycles. The lowest BCUT2D eigenvalue weighted by Gasteiger charge is -2.17. The number of hydrogen-bond donors (Lipinski definition) is 2. The van der Waals surface area contributed by atoms with Gasteiger partial charge >= 0.3 is 6.03 Å². The van der Waals surface area contributed by atoms with Gasteiger partial charge in [0.05, 0.1) is 5.69 Å². The molecule has 2 heterocycles. The molecule has 1 fully saturated rings. The number of aromatic nitrogens is 1. The fraction of sp³-hybridized carbons (Fsp3) is 0.500. The maximum absolute atomic E-state index is 11.3. The number of carbonyl (C=O) groups excluding carboxylic acids is 1. The van der Waals surface area contributed by atoms with E-state index < -0.39 is 0 Å². The van der Waals surface area contributed by atoms with Gasteiger partial charge in [-0.05, 0) is 19.1 Å². The van der Waals surface area contributed by atoms with Crippen molar-refractivity contribution in [2.45, 2.75) is 13.0 Å². The number of urea groups is 1. The number of rotatable bonds is 5. The molecule has 0 aliphatic carbocycles. The van der Waals surface area contributed by atoms with Crippen LogP contribution in [0.4, 0.5) is 4.79 Å². The minimum absolute atomic E-state index is 0.0392. The van der Waals surface area contributed by atoms with E-state index in [1.54, 1.807) is 6.20 Å². The Hall–Kier alpha value is -1.62. The maximum Gasteiger partial charge on any atom is 0.317 e. The highest BCUT2D eigenvalue weighted by Gasteiger charge is 2.18. The summed E-state index contributed by atoms with van der Waals surface area (Å²) < 4.78 is 0. The molecule has 17 heavy (non-hydrogen) atoms. The largest absolute Gasteiger partial charge is 0.336 e. The first-order valence-corrected chi connectivity index (χ1v) is 5.94. The smallest absolute Gasteiger partial charge is 0.317 e. The van der Waals surface area contributed by atoms with E-state index in [1.807, 2.05) is 23.1 Å². The molecule has 2 rings (SSSR count). The zero-order valence-corrected chi connectivity index (χ0v) is 10.0. The van der Waals surface area contributed by atoms with Gasteiger partial charge in [0.2, 0.25) is 0 Å². The second-order valence-corrected chi connectivity index (χ2v) is 4.15. The Bertz CT molecular complexity index is 368. The third-order valence-electron chi connectivity index (χ3n) is 2.91. The Kier molecular flexibility index (Phi) is 3.93. The molecule has 0 aromatic carbocycles. The SMILES string of the molecule is C[C@@H](NCCN1CCNC1=O)c1ccccn1. The van der Waals surface area contributed by atoms with E-state index in [0.29, 0.717) is 0 Å². The predicted molar refractivity (Wildman–Crippen MR) is 65.6 cm³/mol. The molecule has 0 unspecified atom stereocenters. The molecule has 1 aliphatic heterocycles. The fourth-order valence-corrected chi connectivity index (χ4v) is 1.88. The van der Waals surface area contributed by atoms with Crippen LogP contribution in [0.2, 0.25) is 0 Å². The van der Waals surface area contributed by atoms with Gasteiger partial charge in [0, 0.05) is 38.4 Å². The molecule has 1 aromatic rings. The molecule has 5 heteroatoms. The van der Waals surface area contributed by atoms with Crippen LogP contribution in [0, 0.1) is 0 Å². The van der Waals surface area contributed by atoms with Crippen LogP contribution >= 0.6 is 0 Å². The summed E-state index contributed by atoms with van der Waals surface area (Å²) in [6.07, 6.45) is 1.79. The van der Waals surface area contributed by atoms with Crippen LogP contribution in [0.3, 0.4) is 0 Å². The van der Waals surface area contributed by atoms with Gasteiger partial charge in [-0.1, -0.05) is 6.07 Å². The van der Waals surface area contributed by atoms with Gasteiger partial charge in [0.15, 0.2) is 0 Å². The lowest BCUT2D eigenvalue weighted by Crippen LogP contribution is -2.35. The third kappa shape index (κ3) is 3.17. The van der Waals surface area contributed by atoms with E-state index in [9.17, 15) is 4.79 Å². The van der Waals surface area contributed by atoms with Gasteiger partial charge in [-0.15, -0.1) is 0 Å². The Balaban J connectivity index is 1.73. The first-order chi connectivity index (χ1) is 8.27. The highest BCUT2D eigenvalue weighted by molar-refractivity contribution is 5.76. The minimum atomic E-state index is 0.0392. The summed E-state index contributed by atoms with van der Waals surface area (Å²) in [6, 6.07) is 6.14. The van der Waals surface area contributed by atoms with Crippen molar-refractivity contribution in [1.29, 1.82) is 0 Å². The Morgan fingerprint density at radius 3 is 3.12 bits per heavy atom. The monoisotopic (exact) mass is 234 g/mol. The maximum atomic E-state index is 11.3. The molecular formula is C12H18N4O. The van der Waals surface area contributed by atoms with Crippen molar-refractivity contribution in [1.82, 2.24) is 20.5 Å². The van der Waals surface area contributed by atoms with E-state index in [2.05, 4.69) is 22.5 Å². The molecule has 1 aliphatic rings. The Labute approximate surface area is 101 Å². The summed E-state index contributed by atoms with van der Waals surface area (Å²) in [5.74, 6) is 0. The highest BCUT2D eigenvalue weighted by atomic mass is 16.2.